The fourth-order valence-corrected chi connectivity index (χ4v) is 3.76. The van der Waals surface area contributed by atoms with E-state index < -0.39 is 5.76 Å². The quantitative estimate of drug-likeness (QED) is 0.694. The van der Waals surface area contributed by atoms with E-state index in [9.17, 15) is 9.59 Å². The lowest BCUT2D eigenvalue weighted by Gasteiger charge is -2.25. The molecule has 1 amide bonds. The molecule has 1 aliphatic rings. The van der Waals surface area contributed by atoms with E-state index in [0.717, 1.165) is 38.5 Å². The Morgan fingerprint density at radius 3 is 2.93 bits per heavy atom. The molecule has 0 saturated carbocycles. The zero-order valence-electron chi connectivity index (χ0n) is 14.7. The van der Waals surface area contributed by atoms with E-state index in [2.05, 4.69) is 15.2 Å². The van der Waals surface area contributed by atoms with Gasteiger partial charge in [-0.1, -0.05) is 12.1 Å². The molecule has 142 valence electrons. The summed E-state index contributed by atoms with van der Waals surface area (Å²) >= 11 is 1.41. The third-order valence-electron chi connectivity index (χ3n) is 4.42. The third kappa shape index (κ3) is 4.26. The number of thiazole rings is 1. The van der Waals surface area contributed by atoms with Gasteiger partial charge in [0.1, 0.15) is 0 Å². The third-order valence-corrected chi connectivity index (χ3v) is 5.23. The summed E-state index contributed by atoms with van der Waals surface area (Å²) in [6, 6.07) is 7.18. The molecule has 9 heteroatoms. The molecule has 2 aromatic heterocycles. The number of benzene rings is 1. The van der Waals surface area contributed by atoms with Crippen molar-refractivity contribution in [3.05, 3.63) is 45.9 Å². The number of aromatic nitrogens is 2. The fraction of sp³-hybridized carbons (Fsp3) is 0.389. The Kier molecular flexibility index (Phi) is 5.33. The van der Waals surface area contributed by atoms with Gasteiger partial charge in [0, 0.05) is 38.0 Å². The molecule has 0 atom stereocenters. The van der Waals surface area contributed by atoms with Gasteiger partial charge >= 0.3 is 5.76 Å². The van der Waals surface area contributed by atoms with E-state index in [1.54, 1.807) is 18.2 Å². The van der Waals surface area contributed by atoms with Crippen LogP contribution in [0.3, 0.4) is 0 Å². The normalized spacial score (nSPS) is 15.3. The van der Waals surface area contributed by atoms with E-state index in [0.29, 0.717) is 16.2 Å². The summed E-state index contributed by atoms with van der Waals surface area (Å²) in [6.07, 6.45) is 0.168. The number of rotatable bonds is 6. The van der Waals surface area contributed by atoms with Gasteiger partial charge in [-0.05, 0) is 12.1 Å². The van der Waals surface area contributed by atoms with Crippen LogP contribution in [-0.2, 0) is 22.6 Å². The highest BCUT2D eigenvalue weighted by molar-refractivity contribution is 7.13. The summed E-state index contributed by atoms with van der Waals surface area (Å²) in [5, 5.41) is 5.34. The maximum atomic E-state index is 12.2. The molecule has 1 aliphatic heterocycles. The average molecular weight is 388 g/mol. The van der Waals surface area contributed by atoms with Crippen LogP contribution in [0.25, 0.3) is 11.1 Å². The lowest BCUT2D eigenvalue weighted by atomic mass is 10.3. The number of carbonyl (C=O) groups excluding carboxylic acids is 1. The largest absolute Gasteiger partial charge is 0.419 e. The van der Waals surface area contributed by atoms with Crippen molar-refractivity contribution in [1.29, 1.82) is 0 Å². The van der Waals surface area contributed by atoms with Gasteiger partial charge in [-0.2, -0.15) is 0 Å². The van der Waals surface area contributed by atoms with Crippen molar-refractivity contribution in [3.63, 3.8) is 0 Å². The number of oxazole rings is 1. The standard InChI is InChI=1S/C18H20N4O4S/c23-16(5-6-22-14-3-1-2-4-15(14)26-18(22)24)20-17-19-13(12-27-17)11-21-7-9-25-10-8-21/h1-4,12H,5-11H2,(H,19,20,23). The number of nitrogens with zero attached hydrogens (tertiary/aromatic N) is 3. The first-order valence-electron chi connectivity index (χ1n) is 8.82. The smallest absolute Gasteiger partial charge is 0.408 e. The minimum Gasteiger partial charge on any atom is -0.408 e. The number of fused-ring (bicyclic) bond motifs is 1. The number of aryl methyl sites for hydroxylation is 1. The van der Waals surface area contributed by atoms with Gasteiger partial charge in [-0.25, -0.2) is 9.78 Å². The van der Waals surface area contributed by atoms with Crippen molar-refractivity contribution in [2.24, 2.45) is 0 Å². The van der Waals surface area contributed by atoms with Crippen LogP contribution in [0.5, 0.6) is 0 Å². The molecular formula is C18H20N4O4S. The van der Waals surface area contributed by atoms with Crippen molar-refractivity contribution >= 4 is 33.5 Å². The number of para-hydroxylation sites is 2. The number of morpholine rings is 1. The molecule has 0 bridgehead atoms. The van der Waals surface area contributed by atoms with Crippen LogP contribution in [0.4, 0.5) is 5.13 Å². The molecule has 0 aliphatic carbocycles. The predicted octanol–water partition coefficient (Wildman–Crippen LogP) is 1.91. The number of hydrogen-bond donors (Lipinski definition) is 1. The van der Waals surface area contributed by atoms with Crippen molar-refractivity contribution < 1.29 is 13.9 Å². The maximum Gasteiger partial charge on any atom is 0.419 e. The van der Waals surface area contributed by atoms with E-state index in [4.69, 9.17) is 9.15 Å². The summed E-state index contributed by atoms with van der Waals surface area (Å²) in [7, 11) is 0. The Balaban J connectivity index is 1.33. The van der Waals surface area contributed by atoms with Crippen molar-refractivity contribution in [3.8, 4) is 0 Å². The van der Waals surface area contributed by atoms with Gasteiger partial charge in [0.2, 0.25) is 5.91 Å². The summed E-state index contributed by atoms with van der Waals surface area (Å²) in [5.74, 6) is -0.634. The number of amides is 1. The molecule has 1 aromatic carbocycles. The lowest BCUT2D eigenvalue weighted by Crippen LogP contribution is -2.35. The SMILES string of the molecule is O=C(CCn1c(=O)oc2ccccc21)Nc1nc(CN2CCOCC2)cs1. The molecule has 1 saturated heterocycles. The first-order valence-corrected chi connectivity index (χ1v) is 9.70. The summed E-state index contributed by atoms with van der Waals surface area (Å²) in [4.78, 5) is 30.9. The Bertz CT molecular complexity index is 987. The monoisotopic (exact) mass is 388 g/mol. The van der Waals surface area contributed by atoms with Crippen molar-refractivity contribution in [1.82, 2.24) is 14.5 Å². The van der Waals surface area contributed by atoms with Crippen LogP contribution < -0.4 is 11.1 Å². The van der Waals surface area contributed by atoms with E-state index in [1.165, 1.54) is 15.9 Å². The van der Waals surface area contributed by atoms with Crippen LogP contribution in [0.1, 0.15) is 12.1 Å². The van der Waals surface area contributed by atoms with Gasteiger partial charge in [0.25, 0.3) is 0 Å². The lowest BCUT2D eigenvalue weighted by molar-refractivity contribution is -0.116. The van der Waals surface area contributed by atoms with Crippen LogP contribution >= 0.6 is 11.3 Å². The number of ether oxygens (including phenoxy) is 1. The molecule has 8 nitrogen and oxygen atoms in total. The number of hydrogen-bond acceptors (Lipinski definition) is 7. The molecule has 0 radical (unpaired) electrons. The number of nitrogens with one attached hydrogen (secondary N) is 1. The second-order valence-corrected chi connectivity index (χ2v) is 7.18. The Labute approximate surface area is 159 Å². The van der Waals surface area contributed by atoms with Crippen molar-refractivity contribution in [2.75, 3.05) is 31.6 Å². The van der Waals surface area contributed by atoms with E-state index in [-0.39, 0.29) is 18.9 Å². The highest BCUT2D eigenvalue weighted by Gasteiger charge is 2.14. The van der Waals surface area contributed by atoms with Crippen molar-refractivity contribution in [2.45, 2.75) is 19.5 Å². The predicted molar refractivity (Wildman–Crippen MR) is 102 cm³/mol. The topological polar surface area (TPSA) is 89.6 Å². The van der Waals surface area contributed by atoms with Gasteiger partial charge < -0.3 is 14.5 Å². The Hall–Kier alpha value is -2.49. The maximum absolute atomic E-state index is 12.2. The number of carbonyl (C=O) groups is 1. The molecule has 3 aromatic rings. The molecule has 4 rings (SSSR count). The average Bonchev–Trinajstić information content (AvgIpc) is 3.24. The summed E-state index contributed by atoms with van der Waals surface area (Å²) in [5.41, 5.74) is 2.15. The van der Waals surface area contributed by atoms with E-state index in [1.807, 2.05) is 11.4 Å². The molecule has 1 N–H and O–H groups in total. The van der Waals surface area contributed by atoms with Crippen LogP contribution in [0.2, 0.25) is 0 Å². The van der Waals surface area contributed by atoms with E-state index >= 15 is 0 Å². The molecule has 0 spiro atoms. The van der Waals surface area contributed by atoms with Crippen LogP contribution in [0.15, 0.2) is 38.9 Å². The molecule has 1 fully saturated rings. The minimum absolute atomic E-state index is 0.168. The summed E-state index contributed by atoms with van der Waals surface area (Å²) in [6.45, 7) is 4.30. The fourth-order valence-electron chi connectivity index (χ4n) is 3.05. The second-order valence-electron chi connectivity index (χ2n) is 6.32. The zero-order valence-corrected chi connectivity index (χ0v) is 15.5. The molecule has 3 heterocycles. The first-order chi connectivity index (χ1) is 13.2. The zero-order chi connectivity index (χ0) is 18.6. The number of anilines is 1. The van der Waals surface area contributed by atoms with Crippen LogP contribution in [-0.4, -0.2) is 46.7 Å². The van der Waals surface area contributed by atoms with Gasteiger partial charge in [0.05, 0.1) is 24.4 Å². The van der Waals surface area contributed by atoms with Gasteiger partial charge in [0.15, 0.2) is 10.7 Å². The second kappa shape index (κ2) is 8.03. The highest BCUT2D eigenvalue weighted by atomic mass is 32.1. The van der Waals surface area contributed by atoms with Gasteiger partial charge in [-0.3, -0.25) is 14.3 Å². The summed E-state index contributed by atoms with van der Waals surface area (Å²) < 4.78 is 12.0. The minimum atomic E-state index is -0.453. The molecule has 0 unspecified atom stereocenters. The van der Waals surface area contributed by atoms with Crippen LogP contribution in [0, 0.1) is 0 Å². The Morgan fingerprint density at radius 1 is 1.26 bits per heavy atom. The highest BCUT2D eigenvalue weighted by Crippen LogP contribution is 2.18. The first kappa shape index (κ1) is 17.9. The van der Waals surface area contributed by atoms with Gasteiger partial charge in [-0.15, -0.1) is 11.3 Å². The Morgan fingerprint density at radius 2 is 2.07 bits per heavy atom. The molecular weight excluding hydrogens is 368 g/mol. The molecule has 27 heavy (non-hydrogen) atoms.